The van der Waals surface area contributed by atoms with Gasteiger partial charge >= 0.3 is 0 Å². The molecule has 1 aliphatic heterocycles. The Morgan fingerprint density at radius 3 is 2.85 bits per heavy atom. The second-order valence-corrected chi connectivity index (χ2v) is 5.47. The molecule has 110 valence electrons. The van der Waals surface area contributed by atoms with Crippen molar-refractivity contribution in [1.82, 2.24) is 4.90 Å². The first kappa shape index (κ1) is 14.6. The molecular formula is C14H21N3O3. The lowest BCUT2D eigenvalue weighted by Crippen LogP contribution is -2.29. The molecule has 0 saturated carbocycles. The zero-order valence-corrected chi connectivity index (χ0v) is 11.8. The summed E-state index contributed by atoms with van der Waals surface area (Å²) >= 11 is 0. The summed E-state index contributed by atoms with van der Waals surface area (Å²) in [6.45, 7) is 3.97. The summed E-state index contributed by atoms with van der Waals surface area (Å²) in [7, 11) is 1.61. The average molecular weight is 279 g/mol. The number of methoxy groups -OCH3 is 1. The van der Waals surface area contributed by atoms with Gasteiger partial charge in [-0.05, 0) is 31.5 Å². The van der Waals surface area contributed by atoms with Crippen LogP contribution in [0.25, 0.3) is 0 Å². The van der Waals surface area contributed by atoms with Crippen LogP contribution in [0, 0.1) is 0 Å². The van der Waals surface area contributed by atoms with Crippen LogP contribution in [0.3, 0.4) is 0 Å². The molecule has 0 bridgehead atoms. The number of β-amino-alcohol motifs (C(OH)–C–C–N with tert-alkyl or cyclic N) is 1. The van der Waals surface area contributed by atoms with E-state index in [-0.39, 0.29) is 5.84 Å². The van der Waals surface area contributed by atoms with Gasteiger partial charge in [-0.15, -0.1) is 0 Å². The number of nitrogens with zero attached hydrogens (tertiary/aromatic N) is 2. The van der Waals surface area contributed by atoms with E-state index in [1.54, 1.807) is 19.2 Å². The monoisotopic (exact) mass is 279 g/mol. The van der Waals surface area contributed by atoms with Gasteiger partial charge in [0.05, 0.1) is 12.7 Å². The Morgan fingerprint density at radius 2 is 2.30 bits per heavy atom. The van der Waals surface area contributed by atoms with Crippen LogP contribution < -0.4 is 10.5 Å². The number of hydrogen-bond acceptors (Lipinski definition) is 5. The average Bonchev–Trinajstić information content (AvgIpc) is 2.77. The van der Waals surface area contributed by atoms with Gasteiger partial charge in [-0.2, -0.15) is 0 Å². The lowest BCUT2D eigenvalue weighted by molar-refractivity contribution is 0.0678. The number of rotatable bonds is 4. The SMILES string of the molecule is COc1ccc(/C(N)=N/O)cc1CN1CCC(C)(O)C1. The van der Waals surface area contributed by atoms with Crippen molar-refractivity contribution in [2.24, 2.45) is 10.9 Å². The minimum absolute atomic E-state index is 0.0716. The van der Waals surface area contributed by atoms with Crippen molar-refractivity contribution < 1.29 is 15.1 Å². The molecule has 0 amide bonds. The molecule has 1 fully saturated rings. The van der Waals surface area contributed by atoms with Gasteiger partial charge in [-0.3, -0.25) is 4.90 Å². The first-order valence-corrected chi connectivity index (χ1v) is 6.55. The van der Waals surface area contributed by atoms with E-state index >= 15 is 0 Å². The summed E-state index contributed by atoms with van der Waals surface area (Å²) in [5, 5.41) is 21.8. The maximum Gasteiger partial charge on any atom is 0.170 e. The number of aliphatic hydroxyl groups is 1. The number of benzene rings is 1. The normalized spacial score (nSPS) is 24.1. The predicted octanol–water partition coefficient (Wildman–Crippen LogP) is 0.746. The van der Waals surface area contributed by atoms with E-state index < -0.39 is 5.60 Å². The van der Waals surface area contributed by atoms with E-state index in [0.29, 0.717) is 18.7 Å². The highest BCUT2D eigenvalue weighted by molar-refractivity contribution is 5.97. The lowest BCUT2D eigenvalue weighted by Gasteiger charge is -2.20. The van der Waals surface area contributed by atoms with Crippen LogP contribution in [0.2, 0.25) is 0 Å². The van der Waals surface area contributed by atoms with Crippen LogP contribution in [0.1, 0.15) is 24.5 Å². The molecule has 0 radical (unpaired) electrons. The maximum atomic E-state index is 10.0. The minimum Gasteiger partial charge on any atom is -0.496 e. The van der Waals surface area contributed by atoms with Crippen molar-refractivity contribution >= 4 is 5.84 Å². The van der Waals surface area contributed by atoms with Crippen LogP contribution in [-0.2, 0) is 6.54 Å². The largest absolute Gasteiger partial charge is 0.496 e. The summed E-state index contributed by atoms with van der Waals surface area (Å²) in [6, 6.07) is 5.40. The molecule has 4 N–H and O–H groups in total. The van der Waals surface area contributed by atoms with Gasteiger partial charge in [-0.1, -0.05) is 5.16 Å². The summed E-state index contributed by atoms with van der Waals surface area (Å²) in [5.41, 5.74) is 6.58. The molecule has 20 heavy (non-hydrogen) atoms. The number of ether oxygens (including phenoxy) is 1. The first-order valence-electron chi connectivity index (χ1n) is 6.55. The van der Waals surface area contributed by atoms with Gasteiger partial charge < -0.3 is 20.8 Å². The van der Waals surface area contributed by atoms with Crippen LogP contribution in [0.5, 0.6) is 5.75 Å². The predicted molar refractivity (Wildman–Crippen MR) is 76.0 cm³/mol. The summed E-state index contributed by atoms with van der Waals surface area (Å²) in [6.07, 6.45) is 0.759. The minimum atomic E-state index is -0.629. The van der Waals surface area contributed by atoms with Gasteiger partial charge in [-0.25, -0.2) is 0 Å². The van der Waals surface area contributed by atoms with E-state index in [9.17, 15) is 5.11 Å². The zero-order valence-electron chi connectivity index (χ0n) is 11.8. The van der Waals surface area contributed by atoms with E-state index in [1.807, 2.05) is 13.0 Å². The third kappa shape index (κ3) is 3.20. The van der Waals surface area contributed by atoms with E-state index in [4.69, 9.17) is 15.7 Å². The van der Waals surface area contributed by atoms with Crippen molar-refractivity contribution in [1.29, 1.82) is 0 Å². The number of nitrogens with two attached hydrogens (primary N) is 1. The first-order chi connectivity index (χ1) is 9.45. The highest BCUT2D eigenvalue weighted by Gasteiger charge is 2.31. The van der Waals surface area contributed by atoms with E-state index in [0.717, 1.165) is 24.3 Å². The Bertz CT molecular complexity index is 514. The number of amidine groups is 1. The lowest BCUT2D eigenvalue weighted by atomic mass is 10.1. The Labute approximate surface area is 118 Å². The van der Waals surface area contributed by atoms with Gasteiger partial charge in [0.1, 0.15) is 5.75 Å². The standard InChI is InChI=1S/C14H21N3O3/c1-14(18)5-6-17(9-14)8-11-7-10(13(15)16-19)3-4-12(11)20-2/h3-4,7,18-19H,5-6,8-9H2,1-2H3,(H2,15,16). The quantitative estimate of drug-likeness (QED) is 0.327. The molecule has 1 aromatic carbocycles. The fraction of sp³-hybridized carbons (Fsp3) is 0.500. The summed E-state index contributed by atoms with van der Waals surface area (Å²) in [4.78, 5) is 2.16. The second kappa shape index (κ2) is 5.68. The van der Waals surface area contributed by atoms with Crippen molar-refractivity contribution in [2.75, 3.05) is 20.2 Å². The van der Waals surface area contributed by atoms with Gasteiger partial charge in [0.15, 0.2) is 5.84 Å². The van der Waals surface area contributed by atoms with Gasteiger partial charge in [0.25, 0.3) is 0 Å². The molecule has 1 aliphatic rings. The molecule has 2 rings (SSSR count). The second-order valence-electron chi connectivity index (χ2n) is 5.47. The molecule has 0 spiro atoms. The molecule has 1 saturated heterocycles. The van der Waals surface area contributed by atoms with Gasteiger partial charge in [0, 0.05) is 30.8 Å². The maximum absolute atomic E-state index is 10.0. The molecule has 1 heterocycles. The van der Waals surface area contributed by atoms with E-state index in [1.165, 1.54) is 0 Å². The zero-order chi connectivity index (χ0) is 14.8. The Hall–Kier alpha value is -1.79. The van der Waals surface area contributed by atoms with Crippen LogP contribution in [0.4, 0.5) is 0 Å². The summed E-state index contributed by atoms with van der Waals surface area (Å²) < 4.78 is 5.34. The van der Waals surface area contributed by atoms with Crippen molar-refractivity contribution in [3.05, 3.63) is 29.3 Å². The third-order valence-electron chi connectivity index (χ3n) is 3.61. The fourth-order valence-corrected chi connectivity index (χ4v) is 2.53. The Morgan fingerprint density at radius 1 is 1.55 bits per heavy atom. The molecule has 1 unspecified atom stereocenters. The third-order valence-corrected chi connectivity index (χ3v) is 3.61. The topological polar surface area (TPSA) is 91.3 Å². The highest BCUT2D eigenvalue weighted by atomic mass is 16.5. The number of oxime groups is 1. The molecular weight excluding hydrogens is 258 g/mol. The molecule has 1 aromatic rings. The molecule has 6 nitrogen and oxygen atoms in total. The van der Waals surface area contributed by atoms with Gasteiger partial charge in [0.2, 0.25) is 0 Å². The van der Waals surface area contributed by atoms with Crippen LogP contribution >= 0.6 is 0 Å². The number of likely N-dealkylation sites (tertiary alicyclic amines) is 1. The fourth-order valence-electron chi connectivity index (χ4n) is 2.53. The summed E-state index contributed by atoms with van der Waals surface area (Å²) in [5.74, 6) is 0.827. The van der Waals surface area contributed by atoms with Crippen LogP contribution in [0.15, 0.2) is 23.4 Å². The van der Waals surface area contributed by atoms with Crippen molar-refractivity contribution in [3.8, 4) is 5.75 Å². The van der Waals surface area contributed by atoms with E-state index in [2.05, 4.69) is 10.1 Å². The molecule has 6 heteroatoms. The number of hydrogen-bond donors (Lipinski definition) is 3. The highest BCUT2D eigenvalue weighted by Crippen LogP contribution is 2.26. The molecule has 0 aromatic heterocycles. The Kier molecular flexibility index (Phi) is 4.15. The Balaban J connectivity index is 2.21. The smallest absolute Gasteiger partial charge is 0.170 e. The van der Waals surface area contributed by atoms with Crippen molar-refractivity contribution in [3.63, 3.8) is 0 Å². The van der Waals surface area contributed by atoms with Crippen LogP contribution in [-0.4, -0.2) is 46.8 Å². The van der Waals surface area contributed by atoms with Crippen molar-refractivity contribution in [2.45, 2.75) is 25.5 Å². The molecule has 0 aliphatic carbocycles. The molecule has 1 atom stereocenters.